The first-order valence-corrected chi connectivity index (χ1v) is 10.8. The minimum Gasteiger partial charge on any atom is -0.336 e. The van der Waals surface area contributed by atoms with Gasteiger partial charge in [-0.05, 0) is 35.7 Å². The van der Waals surface area contributed by atoms with E-state index in [2.05, 4.69) is 10.2 Å². The number of amides is 2. The van der Waals surface area contributed by atoms with Gasteiger partial charge in [0.2, 0.25) is 5.91 Å². The van der Waals surface area contributed by atoms with Crippen LogP contribution >= 0.6 is 0 Å². The van der Waals surface area contributed by atoms with E-state index in [1.165, 1.54) is 12.1 Å². The first kappa shape index (κ1) is 22.8. The van der Waals surface area contributed by atoms with Crippen molar-refractivity contribution in [3.8, 4) is 0 Å². The number of hydrogen-bond acceptors (Lipinski definition) is 3. The van der Waals surface area contributed by atoms with E-state index in [0.29, 0.717) is 39.1 Å². The van der Waals surface area contributed by atoms with Gasteiger partial charge in [0.1, 0.15) is 0 Å². The van der Waals surface area contributed by atoms with Crippen LogP contribution in [0.15, 0.2) is 66.7 Å². The molecule has 1 fully saturated rings. The number of carbonyl (C=O) groups excluding carboxylic acids is 2. The minimum atomic E-state index is -4.42. The van der Waals surface area contributed by atoms with Gasteiger partial charge < -0.3 is 10.2 Å². The molecule has 33 heavy (non-hydrogen) atoms. The van der Waals surface area contributed by atoms with Gasteiger partial charge in [0.25, 0.3) is 5.91 Å². The van der Waals surface area contributed by atoms with Crippen molar-refractivity contribution in [2.24, 2.45) is 0 Å². The van der Waals surface area contributed by atoms with Crippen LogP contribution in [0.3, 0.4) is 0 Å². The lowest BCUT2D eigenvalue weighted by atomic mass is 10.1. The number of benzene rings is 3. The summed E-state index contributed by atoms with van der Waals surface area (Å²) in [5, 5.41) is 5.03. The number of rotatable bonds is 5. The number of hydrogen-bond donors (Lipinski definition) is 1. The van der Waals surface area contributed by atoms with Crippen molar-refractivity contribution >= 4 is 28.3 Å². The summed E-state index contributed by atoms with van der Waals surface area (Å²) in [5.41, 5.74) is 0.251. The monoisotopic (exact) mass is 455 g/mol. The number of nitrogens with zero attached hydrogens (tertiary/aromatic N) is 2. The summed E-state index contributed by atoms with van der Waals surface area (Å²) >= 11 is 0. The highest BCUT2D eigenvalue weighted by Crippen LogP contribution is 2.29. The summed E-state index contributed by atoms with van der Waals surface area (Å²) in [7, 11) is 0. The molecule has 1 N–H and O–H groups in total. The van der Waals surface area contributed by atoms with Crippen LogP contribution < -0.4 is 5.32 Å². The molecular formula is C25H24F3N3O2. The first-order valence-electron chi connectivity index (χ1n) is 10.8. The van der Waals surface area contributed by atoms with Gasteiger partial charge in [0, 0.05) is 55.8 Å². The van der Waals surface area contributed by atoms with Crippen molar-refractivity contribution in [1.29, 1.82) is 0 Å². The Morgan fingerprint density at radius 2 is 1.52 bits per heavy atom. The molecule has 0 unspecified atom stereocenters. The lowest BCUT2D eigenvalue weighted by molar-refractivity contribution is -0.137. The minimum absolute atomic E-state index is 0.0744. The predicted molar refractivity (Wildman–Crippen MR) is 121 cm³/mol. The zero-order chi connectivity index (χ0) is 23.4. The number of carbonyl (C=O) groups is 2. The molecule has 5 nitrogen and oxygen atoms in total. The molecule has 0 aliphatic carbocycles. The molecular weight excluding hydrogens is 431 g/mol. The van der Waals surface area contributed by atoms with Crippen LogP contribution in [-0.2, 0) is 11.0 Å². The van der Waals surface area contributed by atoms with Gasteiger partial charge in [-0.15, -0.1) is 0 Å². The lowest BCUT2D eigenvalue weighted by Crippen LogP contribution is -2.49. The second-order valence-electron chi connectivity index (χ2n) is 8.03. The Balaban J connectivity index is 1.25. The molecule has 0 atom stereocenters. The van der Waals surface area contributed by atoms with E-state index in [1.54, 1.807) is 4.90 Å². The van der Waals surface area contributed by atoms with Crippen molar-refractivity contribution in [3.05, 3.63) is 77.9 Å². The Bertz CT molecular complexity index is 1130. The quantitative estimate of drug-likeness (QED) is 0.610. The van der Waals surface area contributed by atoms with Gasteiger partial charge in [0.05, 0.1) is 5.56 Å². The summed E-state index contributed by atoms with van der Waals surface area (Å²) in [5.74, 6) is -0.355. The van der Waals surface area contributed by atoms with Gasteiger partial charge in [-0.1, -0.05) is 36.4 Å². The van der Waals surface area contributed by atoms with Gasteiger partial charge in [-0.2, -0.15) is 13.2 Å². The molecule has 1 saturated heterocycles. The summed E-state index contributed by atoms with van der Waals surface area (Å²) in [6.45, 7) is 2.70. The number of alkyl halides is 3. The molecule has 3 aromatic rings. The molecule has 8 heteroatoms. The predicted octanol–water partition coefficient (Wildman–Crippen LogP) is 4.65. The van der Waals surface area contributed by atoms with Gasteiger partial charge in [-0.25, -0.2) is 0 Å². The van der Waals surface area contributed by atoms with Crippen molar-refractivity contribution in [2.75, 3.05) is 38.0 Å². The van der Waals surface area contributed by atoms with E-state index in [-0.39, 0.29) is 17.4 Å². The number of halogens is 3. The van der Waals surface area contributed by atoms with Crippen LogP contribution in [0.2, 0.25) is 0 Å². The number of nitrogens with one attached hydrogen (secondary N) is 1. The molecule has 1 aliphatic rings. The largest absolute Gasteiger partial charge is 0.416 e. The fourth-order valence-electron chi connectivity index (χ4n) is 3.97. The Morgan fingerprint density at radius 1 is 0.848 bits per heavy atom. The van der Waals surface area contributed by atoms with Crippen LogP contribution in [0.25, 0.3) is 10.8 Å². The molecule has 172 valence electrons. The van der Waals surface area contributed by atoms with Crippen LogP contribution in [0.4, 0.5) is 18.9 Å². The average molecular weight is 455 g/mol. The van der Waals surface area contributed by atoms with E-state index in [1.807, 2.05) is 42.5 Å². The standard InChI is InChI=1S/C25H24F3N3O2/c26-25(27,28)20-10-8-19(9-11-20)24(33)31-16-14-30(15-17-31)13-12-23(32)29-22-7-3-5-18-4-1-2-6-21(18)22/h1-11H,12-17H2,(H,29,32). The molecule has 1 aliphatic heterocycles. The van der Waals surface area contributed by atoms with Crippen LogP contribution in [0, 0.1) is 0 Å². The molecule has 0 spiro atoms. The van der Waals surface area contributed by atoms with Crippen molar-refractivity contribution < 1.29 is 22.8 Å². The normalized spacial score (nSPS) is 14.9. The average Bonchev–Trinajstić information content (AvgIpc) is 2.82. The Hall–Kier alpha value is -3.39. The van der Waals surface area contributed by atoms with Gasteiger partial charge in [-0.3, -0.25) is 14.5 Å². The first-order chi connectivity index (χ1) is 15.8. The highest BCUT2D eigenvalue weighted by atomic mass is 19.4. The summed E-state index contributed by atoms with van der Waals surface area (Å²) in [4.78, 5) is 28.8. The maximum absolute atomic E-state index is 12.7. The smallest absolute Gasteiger partial charge is 0.336 e. The maximum Gasteiger partial charge on any atom is 0.416 e. The fourth-order valence-corrected chi connectivity index (χ4v) is 3.97. The fraction of sp³-hybridized carbons (Fsp3) is 0.280. The second kappa shape index (κ2) is 9.62. The summed E-state index contributed by atoms with van der Waals surface area (Å²) in [6.07, 6.45) is -4.09. The van der Waals surface area contributed by atoms with Gasteiger partial charge in [0.15, 0.2) is 0 Å². The lowest BCUT2D eigenvalue weighted by Gasteiger charge is -2.34. The molecule has 0 bridgehead atoms. The molecule has 3 aromatic carbocycles. The third kappa shape index (κ3) is 5.51. The molecule has 0 aromatic heterocycles. The van der Waals surface area contributed by atoms with Crippen LogP contribution in [0.5, 0.6) is 0 Å². The number of anilines is 1. The van der Waals surface area contributed by atoms with Crippen LogP contribution in [0.1, 0.15) is 22.3 Å². The Labute approximate surface area is 189 Å². The van der Waals surface area contributed by atoms with E-state index in [0.717, 1.165) is 28.6 Å². The topological polar surface area (TPSA) is 52.7 Å². The third-order valence-corrected chi connectivity index (χ3v) is 5.84. The van der Waals surface area contributed by atoms with E-state index in [4.69, 9.17) is 0 Å². The maximum atomic E-state index is 12.7. The molecule has 2 amide bonds. The third-order valence-electron chi connectivity index (χ3n) is 5.84. The molecule has 0 saturated carbocycles. The number of piperazine rings is 1. The highest BCUT2D eigenvalue weighted by molar-refractivity contribution is 6.02. The van der Waals surface area contributed by atoms with Crippen molar-refractivity contribution in [3.63, 3.8) is 0 Å². The van der Waals surface area contributed by atoms with Crippen LogP contribution in [-0.4, -0.2) is 54.3 Å². The highest BCUT2D eigenvalue weighted by Gasteiger charge is 2.30. The molecule has 1 heterocycles. The SMILES string of the molecule is O=C(CCN1CCN(C(=O)c2ccc(C(F)(F)F)cc2)CC1)Nc1cccc2ccccc12. The Kier molecular flexibility index (Phi) is 6.65. The second-order valence-corrected chi connectivity index (χ2v) is 8.03. The zero-order valence-corrected chi connectivity index (χ0v) is 17.9. The molecule has 4 rings (SSSR count). The van der Waals surface area contributed by atoms with E-state index < -0.39 is 11.7 Å². The summed E-state index contributed by atoms with van der Waals surface area (Å²) in [6, 6.07) is 17.9. The van der Waals surface area contributed by atoms with E-state index in [9.17, 15) is 22.8 Å². The summed E-state index contributed by atoms with van der Waals surface area (Å²) < 4.78 is 38.1. The van der Waals surface area contributed by atoms with E-state index >= 15 is 0 Å². The Morgan fingerprint density at radius 3 is 2.21 bits per heavy atom. The van der Waals surface area contributed by atoms with Crippen molar-refractivity contribution in [2.45, 2.75) is 12.6 Å². The molecule has 0 radical (unpaired) electrons. The zero-order valence-electron chi connectivity index (χ0n) is 17.9. The van der Waals surface area contributed by atoms with Gasteiger partial charge >= 0.3 is 6.18 Å². The van der Waals surface area contributed by atoms with Crippen molar-refractivity contribution in [1.82, 2.24) is 9.80 Å². The number of fused-ring (bicyclic) bond motifs is 1.